The van der Waals surface area contributed by atoms with E-state index >= 15 is 0 Å². The molecule has 1 aliphatic rings. The van der Waals surface area contributed by atoms with Crippen molar-refractivity contribution in [1.82, 2.24) is 20.1 Å². The van der Waals surface area contributed by atoms with Gasteiger partial charge in [-0.15, -0.1) is 10.2 Å². The highest BCUT2D eigenvalue weighted by Crippen LogP contribution is 2.39. The van der Waals surface area contributed by atoms with E-state index in [1.165, 1.54) is 23.9 Å². The summed E-state index contributed by atoms with van der Waals surface area (Å²) in [5, 5.41) is 12.5. The fraction of sp³-hybridized carbons (Fsp3) is 0.318. The molecule has 1 aliphatic carbocycles. The summed E-state index contributed by atoms with van der Waals surface area (Å²) in [5.41, 5.74) is 0.773. The summed E-state index contributed by atoms with van der Waals surface area (Å²) in [6.07, 6.45) is 2.06. The maximum Gasteiger partial charge on any atom is 0.387 e. The number of nitrogens with zero attached hydrogens (tertiary/aromatic N) is 3. The predicted octanol–water partition coefficient (Wildman–Crippen LogP) is 4.86. The highest BCUT2D eigenvalue weighted by molar-refractivity contribution is 7.99. The van der Waals surface area contributed by atoms with Crippen LogP contribution in [0.1, 0.15) is 30.3 Å². The molecule has 0 unspecified atom stereocenters. The number of amides is 1. The van der Waals surface area contributed by atoms with Gasteiger partial charge in [0.1, 0.15) is 18.1 Å². The number of nitrogens with one attached hydrogen (secondary N) is 1. The topological polar surface area (TPSA) is 78.3 Å². The number of ether oxygens (including phenoxy) is 2. The first-order valence-electron chi connectivity index (χ1n) is 10.2. The minimum absolute atomic E-state index is 0.0735. The highest BCUT2D eigenvalue weighted by Gasteiger charge is 2.30. The molecule has 0 spiro atoms. The van der Waals surface area contributed by atoms with Crippen LogP contribution in [0.4, 0.5) is 8.78 Å². The van der Waals surface area contributed by atoms with Crippen molar-refractivity contribution in [3.8, 4) is 11.5 Å². The van der Waals surface area contributed by atoms with Gasteiger partial charge in [-0.05, 0) is 42.7 Å². The lowest BCUT2D eigenvalue weighted by molar-refractivity contribution is -0.118. The van der Waals surface area contributed by atoms with E-state index in [4.69, 9.17) is 16.3 Å². The molecule has 1 saturated carbocycles. The van der Waals surface area contributed by atoms with Crippen molar-refractivity contribution in [2.75, 3.05) is 5.75 Å². The number of rotatable bonds is 11. The molecule has 1 fully saturated rings. The van der Waals surface area contributed by atoms with E-state index in [0.29, 0.717) is 27.8 Å². The lowest BCUT2D eigenvalue weighted by Gasteiger charge is -2.11. The number of carbonyl (C=O) groups is 1. The van der Waals surface area contributed by atoms with Crippen molar-refractivity contribution in [3.63, 3.8) is 0 Å². The Morgan fingerprint density at radius 2 is 1.94 bits per heavy atom. The maximum absolute atomic E-state index is 12.3. The van der Waals surface area contributed by atoms with Crippen LogP contribution in [0.2, 0.25) is 5.02 Å². The Morgan fingerprint density at radius 3 is 2.64 bits per heavy atom. The Bertz CT molecular complexity index is 1090. The van der Waals surface area contributed by atoms with Crippen LogP contribution in [-0.4, -0.2) is 33.0 Å². The molecular weight excluding hydrogens is 474 g/mol. The number of halogens is 3. The Hall–Kier alpha value is -2.85. The van der Waals surface area contributed by atoms with Gasteiger partial charge in [0.15, 0.2) is 11.0 Å². The third-order valence-electron chi connectivity index (χ3n) is 4.81. The van der Waals surface area contributed by atoms with Gasteiger partial charge < -0.3 is 14.8 Å². The minimum atomic E-state index is -2.87. The lowest BCUT2D eigenvalue weighted by atomic mass is 10.2. The number of benzene rings is 2. The molecular formula is C22H21ClF2N4O3S. The van der Waals surface area contributed by atoms with Crippen LogP contribution < -0.4 is 14.8 Å². The monoisotopic (exact) mass is 494 g/mol. The van der Waals surface area contributed by atoms with Crippen LogP contribution in [0.3, 0.4) is 0 Å². The average Bonchev–Trinajstić information content (AvgIpc) is 3.56. The molecule has 1 heterocycles. The molecule has 174 valence electrons. The lowest BCUT2D eigenvalue weighted by Crippen LogP contribution is -2.24. The van der Waals surface area contributed by atoms with Crippen LogP contribution in [-0.2, 0) is 17.9 Å². The van der Waals surface area contributed by atoms with Gasteiger partial charge in [-0.3, -0.25) is 9.36 Å². The number of para-hydroxylation sites is 1. The van der Waals surface area contributed by atoms with E-state index in [9.17, 15) is 13.6 Å². The molecule has 7 nitrogen and oxygen atoms in total. The molecule has 4 rings (SSSR count). The summed E-state index contributed by atoms with van der Waals surface area (Å²) in [6.45, 7) is -2.36. The van der Waals surface area contributed by atoms with Gasteiger partial charge in [-0.25, -0.2) is 0 Å². The molecule has 0 aliphatic heterocycles. The van der Waals surface area contributed by atoms with E-state index in [0.717, 1.165) is 18.4 Å². The van der Waals surface area contributed by atoms with Crippen LogP contribution in [0.5, 0.6) is 11.5 Å². The van der Waals surface area contributed by atoms with Gasteiger partial charge >= 0.3 is 6.61 Å². The molecule has 0 atom stereocenters. The number of thioether (sulfide) groups is 1. The van der Waals surface area contributed by atoms with Crippen LogP contribution in [0.25, 0.3) is 0 Å². The van der Waals surface area contributed by atoms with Gasteiger partial charge in [0.05, 0.1) is 10.8 Å². The number of aromatic nitrogens is 3. The van der Waals surface area contributed by atoms with Crippen LogP contribution in [0, 0.1) is 0 Å². The molecule has 0 bridgehead atoms. The summed E-state index contributed by atoms with van der Waals surface area (Å²) in [6, 6.07) is 13.7. The second-order valence-corrected chi connectivity index (χ2v) is 8.66. The van der Waals surface area contributed by atoms with Crippen molar-refractivity contribution < 1.29 is 23.0 Å². The zero-order valence-corrected chi connectivity index (χ0v) is 19.0. The van der Waals surface area contributed by atoms with Crippen LogP contribution >= 0.6 is 23.4 Å². The molecule has 0 saturated heterocycles. The van der Waals surface area contributed by atoms with Gasteiger partial charge in [-0.1, -0.05) is 47.6 Å². The summed E-state index contributed by atoms with van der Waals surface area (Å²) >= 11 is 7.45. The zero-order chi connectivity index (χ0) is 23.2. The smallest absolute Gasteiger partial charge is 0.387 e. The second-order valence-electron chi connectivity index (χ2n) is 7.31. The summed E-state index contributed by atoms with van der Waals surface area (Å²) in [5.74, 6) is 1.33. The van der Waals surface area contributed by atoms with Crippen molar-refractivity contribution in [1.29, 1.82) is 0 Å². The Kier molecular flexibility index (Phi) is 7.66. The molecule has 1 N–H and O–H groups in total. The molecule has 1 amide bonds. The quantitative estimate of drug-likeness (QED) is 0.384. The van der Waals surface area contributed by atoms with Crippen LogP contribution in [0.15, 0.2) is 53.7 Å². The molecule has 0 radical (unpaired) electrons. The van der Waals surface area contributed by atoms with Gasteiger partial charge in [0.2, 0.25) is 5.91 Å². The summed E-state index contributed by atoms with van der Waals surface area (Å²) in [7, 11) is 0. The fourth-order valence-electron chi connectivity index (χ4n) is 3.08. The standard InChI is InChI=1S/C22H21ClF2N4O3S/c23-17-3-1-2-4-18(17)31-12-19-27-28-22(29(19)15-7-8-15)33-13-20(30)26-11-14-5-9-16(10-6-14)32-21(24)25/h1-6,9-10,15,21H,7-8,11-13H2,(H,26,30). The molecule has 11 heteroatoms. The van der Waals surface area contributed by atoms with E-state index in [1.54, 1.807) is 24.3 Å². The average molecular weight is 495 g/mol. The number of hydrogen-bond donors (Lipinski definition) is 1. The van der Waals surface area contributed by atoms with E-state index < -0.39 is 6.61 Å². The van der Waals surface area contributed by atoms with Gasteiger partial charge in [0.25, 0.3) is 0 Å². The molecule has 2 aromatic carbocycles. The minimum Gasteiger partial charge on any atom is -0.484 e. The van der Waals surface area contributed by atoms with E-state index in [2.05, 4.69) is 20.3 Å². The van der Waals surface area contributed by atoms with Crippen molar-refractivity contribution in [2.24, 2.45) is 0 Å². The van der Waals surface area contributed by atoms with Crippen molar-refractivity contribution in [3.05, 3.63) is 64.9 Å². The third-order valence-corrected chi connectivity index (χ3v) is 6.07. The number of hydrogen-bond acceptors (Lipinski definition) is 6. The molecule has 33 heavy (non-hydrogen) atoms. The molecule has 1 aromatic heterocycles. The third kappa shape index (κ3) is 6.58. The Labute approximate surface area is 198 Å². The first-order chi connectivity index (χ1) is 16.0. The fourth-order valence-corrected chi connectivity index (χ4v) is 4.12. The zero-order valence-electron chi connectivity index (χ0n) is 17.4. The predicted molar refractivity (Wildman–Crippen MR) is 120 cm³/mol. The molecule has 3 aromatic rings. The van der Waals surface area contributed by atoms with Gasteiger partial charge in [-0.2, -0.15) is 8.78 Å². The van der Waals surface area contributed by atoms with Crippen molar-refractivity contribution >= 4 is 29.3 Å². The van der Waals surface area contributed by atoms with Gasteiger partial charge in [0, 0.05) is 12.6 Å². The first kappa shape index (κ1) is 23.3. The normalized spacial score (nSPS) is 13.2. The van der Waals surface area contributed by atoms with E-state index in [-0.39, 0.29) is 30.6 Å². The SMILES string of the molecule is O=C(CSc1nnc(COc2ccccc2Cl)n1C1CC1)NCc1ccc(OC(F)F)cc1. The highest BCUT2D eigenvalue weighted by atomic mass is 35.5. The Morgan fingerprint density at radius 1 is 1.18 bits per heavy atom. The van der Waals surface area contributed by atoms with Crippen molar-refractivity contribution in [2.45, 2.75) is 43.8 Å². The second kappa shape index (κ2) is 10.8. The largest absolute Gasteiger partial charge is 0.484 e. The number of carbonyl (C=O) groups excluding carboxylic acids is 1. The summed E-state index contributed by atoms with van der Waals surface area (Å²) < 4.78 is 36.6. The van der Waals surface area contributed by atoms with E-state index in [1.807, 2.05) is 16.7 Å². The number of alkyl halides is 2. The summed E-state index contributed by atoms with van der Waals surface area (Å²) in [4.78, 5) is 12.3. The maximum atomic E-state index is 12.3. The first-order valence-corrected chi connectivity index (χ1v) is 11.6. The Balaban J connectivity index is 1.29.